The van der Waals surface area contributed by atoms with Gasteiger partial charge in [-0.1, -0.05) is 12.1 Å². The van der Waals surface area contributed by atoms with Crippen molar-refractivity contribution < 1.29 is 9.47 Å². The molecule has 0 aliphatic carbocycles. The molecule has 0 aliphatic rings. The van der Waals surface area contributed by atoms with Crippen LogP contribution in [-0.4, -0.2) is 7.11 Å². The molecule has 0 fully saturated rings. The average molecular weight is 257 g/mol. The highest BCUT2D eigenvalue weighted by Gasteiger charge is 2.03. The summed E-state index contributed by atoms with van der Waals surface area (Å²) in [6.07, 6.45) is 0. The van der Waals surface area contributed by atoms with Gasteiger partial charge in [-0.25, -0.2) is 0 Å². The molecule has 0 saturated carbocycles. The fourth-order valence-corrected chi connectivity index (χ4v) is 1.99. The van der Waals surface area contributed by atoms with Gasteiger partial charge in [-0.15, -0.1) is 0 Å². The van der Waals surface area contributed by atoms with Crippen LogP contribution in [-0.2, 0) is 6.61 Å². The Morgan fingerprint density at radius 1 is 1.00 bits per heavy atom. The third-order valence-electron chi connectivity index (χ3n) is 3.02. The second kappa shape index (κ2) is 5.65. The number of rotatable bonds is 4. The minimum Gasteiger partial charge on any atom is -0.496 e. The van der Waals surface area contributed by atoms with Crippen molar-refractivity contribution in [3.63, 3.8) is 0 Å². The first-order valence-electron chi connectivity index (χ1n) is 6.22. The summed E-state index contributed by atoms with van der Waals surface area (Å²) in [6.45, 7) is 4.52. The molecule has 0 aliphatic heterocycles. The van der Waals surface area contributed by atoms with Crippen molar-refractivity contribution in [3.05, 3.63) is 53.1 Å². The Kier molecular flexibility index (Phi) is 3.95. The molecule has 0 radical (unpaired) electrons. The molecule has 0 bridgehead atoms. The predicted molar refractivity (Wildman–Crippen MR) is 77.7 cm³/mol. The van der Waals surface area contributed by atoms with Crippen molar-refractivity contribution in [1.82, 2.24) is 0 Å². The van der Waals surface area contributed by atoms with E-state index in [0.29, 0.717) is 12.3 Å². The minimum absolute atomic E-state index is 0.498. The molecule has 0 aromatic heterocycles. The van der Waals surface area contributed by atoms with Crippen LogP contribution in [0.25, 0.3) is 0 Å². The van der Waals surface area contributed by atoms with Gasteiger partial charge in [-0.05, 0) is 54.8 Å². The van der Waals surface area contributed by atoms with Gasteiger partial charge in [0, 0.05) is 0 Å². The number of nitrogens with two attached hydrogens (primary N) is 1. The van der Waals surface area contributed by atoms with Gasteiger partial charge in [0.2, 0.25) is 0 Å². The Bertz CT molecular complexity index is 579. The van der Waals surface area contributed by atoms with E-state index in [4.69, 9.17) is 15.2 Å². The van der Waals surface area contributed by atoms with E-state index in [-0.39, 0.29) is 0 Å². The number of benzene rings is 2. The lowest BCUT2D eigenvalue weighted by Gasteiger charge is -2.11. The van der Waals surface area contributed by atoms with Crippen molar-refractivity contribution in [3.8, 4) is 11.5 Å². The first-order valence-corrected chi connectivity index (χ1v) is 6.22. The van der Waals surface area contributed by atoms with Crippen molar-refractivity contribution in [2.45, 2.75) is 20.5 Å². The summed E-state index contributed by atoms with van der Waals surface area (Å²) < 4.78 is 11.0. The molecule has 2 rings (SSSR count). The summed E-state index contributed by atoms with van der Waals surface area (Å²) in [5.74, 6) is 1.61. The average Bonchev–Trinajstić information content (AvgIpc) is 2.38. The first kappa shape index (κ1) is 13.3. The van der Waals surface area contributed by atoms with E-state index >= 15 is 0 Å². The lowest BCUT2D eigenvalue weighted by Crippen LogP contribution is -1.99. The van der Waals surface area contributed by atoms with Gasteiger partial charge in [0.05, 0.1) is 12.8 Å². The van der Waals surface area contributed by atoms with Crippen LogP contribution in [0.5, 0.6) is 11.5 Å². The van der Waals surface area contributed by atoms with Gasteiger partial charge in [0.15, 0.2) is 0 Å². The Balaban J connectivity index is 2.08. The van der Waals surface area contributed by atoms with Gasteiger partial charge in [-0.3, -0.25) is 0 Å². The van der Waals surface area contributed by atoms with E-state index in [9.17, 15) is 0 Å². The maximum absolute atomic E-state index is 5.92. The summed E-state index contributed by atoms with van der Waals surface area (Å²) in [5, 5.41) is 0. The number of hydrogen-bond acceptors (Lipinski definition) is 3. The Morgan fingerprint density at radius 3 is 2.37 bits per heavy atom. The summed E-state index contributed by atoms with van der Waals surface area (Å²) >= 11 is 0. The Hall–Kier alpha value is -2.16. The van der Waals surface area contributed by atoms with Crippen molar-refractivity contribution >= 4 is 5.69 Å². The first-order chi connectivity index (χ1) is 9.10. The monoisotopic (exact) mass is 257 g/mol. The summed E-state index contributed by atoms with van der Waals surface area (Å²) in [5.41, 5.74) is 9.91. The van der Waals surface area contributed by atoms with Crippen molar-refractivity contribution in [2.24, 2.45) is 0 Å². The number of hydrogen-bond donors (Lipinski definition) is 1. The Morgan fingerprint density at radius 2 is 1.74 bits per heavy atom. The molecule has 2 N–H and O–H groups in total. The molecule has 19 heavy (non-hydrogen) atoms. The highest BCUT2D eigenvalue weighted by molar-refractivity contribution is 5.54. The molecule has 2 aromatic carbocycles. The fourth-order valence-electron chi connectivity index (χ4n) is 1.99. The van der Waals surface area contributed by atoms with Crippen LogP contribution in [0.4, 0.5) is 5.69 Å². The molecular weight excluding hydrogens is 238 g/mol. The Labute approximate surface area is 114 Å². The quantitative estimate of drug-likeness (QED) is 0.853. The van der Waals surface area contributed by atoms with E-state index < -0.39 is 0 Å². The number of nitrogen functional groups attached to an aromatic ring is 1. The largest absolute Gasteiger partial charge is 0.496 e. The van der Waals surface area contributed by atoms with Gasteiger partial charge >= 0.3 is 0 Å². The van der Waals surface area contributed by atoms with Gasteiger partial charge in [0.1, 0.15) is 18.1 Å². The maximum Gasteiger partial charge on any atom is 0.142 e. The smallest absolute Gasteiger partial charge is 0.142 e. The molecule has 0 saturated heterocycles. The normalized spacial score (nSPS) is 10.3. The number of aryl methyl sites for hydroxylation is 2. The molecule has 0 amide bonds. The molecule has 2 aromatic rings. The van der Waals surface area contributed by atoms with Crippen LogP contribution in [0.15, 0.2) is 36.4 Å². The third-order valence-corrected chi connectivity index (χ3v) is 3.02. The summed E-state index contributed by atoms with van der Waals surface area (Å²) in [4.78, 5) is 0. The molecule has 100 valence electrons. The fraction of sp³-hybridized carbons (Fsp3) is 0.250. The third kappa shape index (κ3) is 3.19. The van der Waals surface area contributed by atoms with Gasteiger partial charge in [0.25, 0.3) is 0 Å². The molecule has 0 spiro atoms. The molecule has 0 atom stereocenters. The van der Waals surface area contributed by atoms with E-state index in [1.54, 1.807) is 7.11 Å². The van der Waals surface area contributed by atoms with Crippen LogP contribution >= 0.6 is 0 Å². The maximum atomic E-state index is 5.92. The SMILES string of the molecule is COc1ccc(COc2ccc(C)cc2N)cc1C. The topological polar surface area (TPSA) is 44.5 Å². The zero-order valence-corrected chi connectivity index (χ0v) is 11.6. The molecular formula is C16H19NO2. The second-order valence-electron chi connectivity index (χ2n) is 4.63. The number of ether oxygens (including phenoxy) is 2. The predicted octanol–water partition coefficient (Wildman–Crippen LogP) is 3.47. The number of methoxy groups -OCH3 is 1. The zero-order valence-electron chi connectivity index (χ0n) is 11.6. The van der Waals surface area contributed by atoms with E-state index in [1.165, 1.54) is 0 Å². The molecule has 0 heterocycles. The van der Waals surface area contributed by atoms with Crippen LogP contribution in [0.3, 0.4) is 0 Å². The van der Waals surface area contributed by atoms with Gasteiger partial charge in [-0.2, -0.15) is 0 Å². The highest BCUT2D eigenvalue weighted by atomic mass is 16.5. The van der Waals surface area contributed by atoms with Crippen LogP contribution in [0, 0.1) is 13.8 Å². The molecule has 3 nitrogen and oxygen atoms in total. The van der Waals surface area contributed by atoms with Crippen LogP contribution in [0.1, 0.15) is 16.7 Å². The number of anilines is 1. The highest BCUT2D eigenvalue weighted by Crippen LogP contribution is 2.24. The van der Waals surface area contributed by atoms with E-state index in [2.05, 4.69) is 6.07 Å². The summed E-state index contributed by atoms with van der Waals surface area (Å²) in [7, 11) is 1.67. The second-order valence-corrected chi connectivity index (χ2v) is 4.63. The zero-order chi connectivity index (χ0) is 13.8. The van der Waals surface area contributed by atoms with Crippen molar-refractivity contribution in [1.29, 1.82) is 0 Å². The lowest BCUT2D eigenvalue weighted by molar-refractivity contribution is 0.307. The minimum atomic E-state index is 0.498. The van der Waals surface area contributed by atoms with E-state index in [0.717, 1.165) is 28.2 Å². The van der Waals surface area contributed by atoms with Crippen LogP contribution in [0.2, 0.25) is 0 Å². The molecule has 3 heteroatoms. The standard InChI is InChI=1S/C16H19NO2/c1-11-4-6-16(14(17)8-11)19-10-13-5-7-15(18-3)12(2)9-13/h4-9H,10,17H2,1-3H3. The van der Waals surface area contributed by atoms with E-state index in [1.807, 2.05) is 44.2 Å². The van der Waals surface area contributed by atoms with Gasteiger partial charge < -0.3 is 15.2 Å². The van der Waals surface area contributed by atoms with Crippen LogP contribution < -0.4 is 15.2 Å². The summed E-state index contributed by atoms with van der Waals surface area (Å²) in [6, 6.07) is 11.8. The lowest BCUT2D eigenvalue weighted by atomic mass is 10.1. The molecule has 0 unspecified atom stereocenters. The van der Waals surface area contributed by atoms with Crippen molar-refractivity contribution in [2.75, 3.05) is 12.8 Å².